The molecule has 0 aliphatic rings. The largest absolute Gasteiger partial charge is 0.493 e. The van der Waals surface area contributed by atoms with Crippen molar-refractivity contribution < 1.29 is 27.8 Å². The average Bonchev–Trinajstić information content (AvgIpc) is 2.92. The van der Waals surface area contributed by atoms with Gasteiger partial charge < -0.3 is 19.6 Å². The van der Waals surface area contributed by atoms with E-state index in [0.29, 0.717) is 22.4 Å². The number of ether oxygens (including phenoxy) is 2. The number of benzene rings is 2. The summed E-state index contributed by atoms with van der Waals surface area (Å²) in [6, 6.07) is 7.63. The van der Waals surface area contributed by atoms with Gasteiger partial charge in [0.25, 0.3) is 0 Å². The van der Waals surface area contributed by atoms with Gasteiger partial charge in [-0.3, -0.25) is 0 Å². The monoisotopic (exact) mass is 365 g/mol. The Kier molecular flexibility index (Phi) is 4.45. The molecule has 1 aromatic heterocycles. The molecule has 3 aromatic rings. The van der Waals surface area contributed by atoms with E-state index in [1.54, 1.807) is 12.1 Å². The Balaban J connectivity index is 2.03. The number of H-pyrrole nitrogens is 1. The minimum atomic E-state index is -4.47. The van der Waals surface area contributed by atoms with Crippen LogP contribution in [-0.2, 0) is 6.18 Å². The average molecular weight is 365 g/mol. The molecule has 0 atom stereocenters. The van der Waals surface area contributed by atoms with Crippen molar-refractivity contribution >= 4 is 22.3 Å². The highest BCUT2D eigenvalue weighted by atomic mass is 19.4. The highest BCUT2D eigenvalue weighted by Gasteiger charge is 2.30. The van der Waals surface area contributed by atoms with Gasteiger partial charge in [0.2, 0.25) is 5.88 Å². The summed E-state index contributed by atoms with van der Waals surface area (Å²) in [6.07, 6.45) is -4.47. The van der Waals surface area contributed by atoms with Crippen LogP contribution >= 0.6 is 0 Å². The number of aromatic hydroxyl groups is 1. The van der Waals surface area contributed by atoms with Crippen LogP contribution < -0.4 is 9.47 Å². The first-order chi connectivity index (χ1) is 12.3. The van der Waals surface area contributed by atoms with Crippen molar-refractivity contribution in [3.63, 3.8) is 0 Å². The van der Waals surface area contributed by atoms with Crippen molar-refractivity contribution in [2.75, 3.05) is 14.2 Å². The van der Waals surface area contributed by atoms with E-state index in [2.05, 4.69) is 15.2 Å². The van der Waals surface area contributed by atoms with Gasteiger partial charge in [0.15, 0.2) is 17.2 Å². The Morgan fingerprint density at radius 2 is 1.69 bits per heavy atom. The fourth-order valence-electron chi connectivity index (χ4n) is 2.45. The molecular weight excluding hydrogens is 351 g/mol. The van der Waals surface area contributed by atoms with Crippen LogP contribution in [0.1, 0.15) is 5.56 Å². The van der Waals surface area contributed by atoms with E-state index in [9.17, 15) is 18.3 Å². The third-order valence-electron chi connectivity index (χ3n) is 3.70. The maximum absolute atomic E-state index is 12.8. The number of nitrogens with one attached hydrogen (secondary N) is 1. The molecule has 3 rings (SSSR count). The molecule has 0 unspecified atom stereocenters. The first kappa shape index (κ1) is 17.6. The van der Waals surface area contributed by atoms with Gasteiger partial charge in [-0.25, -0.2) is 0 Å². The number of aromatic amines is 1. The van der Waals surface area contributed by atoms with Gasteiger partial charge in [0, 0.05) is 11.5 Å². The standard InChI is InChI=1S/C17H14F3N3O3/c1-25-13-7-11-12(8-14(13)26-2)21-16(24)15(11)23-22-10-5-3-4-9(6-10)17(18,19)20/h3-8,21,24H,1-2H3. The Hall–Kier alpha value is -3.23. The van der Waals surface area contributed by atoms with Crippen LogP contribution in [0.3, 0.4) is 0 Å². The van der Waals surface area contributed by atoms with Crippen molar-refractivity contribution in [3.8, 4) is 17.4 Å². The summed E-state index contributed by atoms with van der Waals surface area (Å²) in [5.41, 5.74) is -0.228. The number of hydrogen-bond acceptors (Lipinski definition) is 5. The lowest BCUT2D eigenvalue weighted by atomic mass is 10.2. The lowest BCUT2D eigenvalue weighted by Gasteiger charge is -2.07. The van der Waals surface area contributed by atoms with Crippen molar-refractivity contribution in [1.82, 2.24) is 4.98 Å². The van der Waals surface area contributed by atoms with Gasteiger partial charge in [-0.2, -0.15) is 18.3 Å². The number of fused-ring (bicyclic) bond motifs is 1. The van der Waals surface area contributed by atoms with E-state index in [-0.39, 0.29) is 17.3 Å². The lowest BCUT2D eigenvalue weighted by Crippen LogP contribution is -2.03. The van der Waals surface area contributed by atoms with Crippen molar-refractivity contribution in [2.24, 2.45) is 10.2 Å². The number of hydrogen-bond donors (Lipinski definition) is 2. The van der Waals surface area contributed by atoms with Crippen LogP contribution in [0.2, 0.25) is 0 Å². The van der Waals surface area contributed by atoms with E-state index >= 15 is 0 Å². The molecule has 0 radical (unpaired) electrons. The lowest BCUT2D eigenvalue weighted by molar-refractivity contribution is -0.137. The molecule has 0 saturated heterocycles. The number of halogens is 3. The molecule has 0 saturated carbocycles. The second-order valence-corrected chi connectivity index (χ2v) is 5.32. The van der Waals surface area contributed by atoms with Gasteiger partial charge in [0.05, 0.1) is 31.0 Å². The van der Waals surface area contributed by atoms with Gasteiger partial charge >= 0.3 is 6.18 Å². The quantitative estimate of drug-likeness (QED) is 0.614. The fourth-order valence-corrected chi connectivity index (χ4v) is 2.45. The topological polar surface area (TPSA) is 79.2 Å². The zero-order chi connectivity index (χ0) is 18.9. The van der Waals surface area contributed by atoms with Crippen LogP contribution in [0, 0.1) is 0 Å². The van der Waals surface area contributed by atoms with E-state index < -0.39 is 11.7 Å². The maximum atomic E-state index is 12.8. The van der Waals surface area contributed by atoms with Crippen LogP contribution in [0.25, 0.3) is 10.9 Å². The molecule has 9 heteroatoms. The minimum absolute atomic E-state index is 0.00838. The molecule has 0 bridgehead atoms. The molecule has 1 heterocycles. The summed E-state index contributed by atoms with van der Waals surface area (Å²) in [4.78, 5) is 2.71. The Morgan fingerprint density at radius 3 is 2.35 bits per heavy atom. The SMILES string of the molecule is COc1cc2[nH]c(O)c(N=Nc3cccc(C(F)(F)F)c3)c2cc1OC. The van der Waals surface area contributed by atoms with E-state index in [0.717, 1.165) is 12.1 Å². The fraction of sp³-hybridized carbons (Fsp3) is 0.176. The third kappa shape index (κ3) is 3.28. The van der Waals surface area contributed by atoms with Gasteiger partial charge in [-0.1, -0.05) is 6.07 Å². The summed E-state index contributed by atoms with van der Waals surface area (Å²) < 4.78 is 48.7. The summed E-state index contributed by atoms with van der Waals surface area (Å²) in [7, 11) is 2.93. The van der Waals surface area contributed by atoms with Crippen molar-refractivity contribution in [3.05, 3.63) is 42.0 Å². The smallest absolute Gasteiger partial charge is 0.416 e. The second kappa shape index (κ2) is 6.58. The Bertz CT molecular complexity index is 981. The predicted octanol–water partition coefficient (Wildman–Crippen LogP) is 5.32. The molecule has 2 aromatic carbocycles. The molecule has 0 aliphatic carbocycles. The Labute approximate surface area is 145 Å². The van der Waals surface area contributed by atoms with Crippen LogP contribution in [0.4, 0.5) is 24.5 Å². The number of azo groups is 1. The molecule has 0 amide bonds. The second-order valence-electron chi connectivity index (χ2n) is 5.32. The summed E-state index contributed by atoms with van der Waals surface area (Å²) >= 11 is 0. The highest BCUT2D eigenvalue weighted by molar-refractivity contribution is 5.96. The number of nitrogens with zero attached hydrogens (tertiary/aromatic N) is 2. The van der Waals surface area contributed by atoms with Crippen molar-refractivity contribution in [1.29, 1.82) is 0 Å². The molecule has 6 nitrogen and oxygen atoms in total. The molecule has 26 heavy (non-hydrogen) atoms. The first-order valence-corrected chi connectivity index (χ1v) is 7.39. The van der Waals surface area contributed by atoms with Crippen LogP contribution in [0.15, 0.2) is 46.6 Å². The number of alkyl halides is 3. The normalized spacial score (nSPS) is 12.0. The Morgan fingerprint density at radius 1 is 1.00 bits per heavy atom. The van der Waals surface area contributed by atoms with E-state index in [4.69, 9.17) is 9.47 Å². The molecule has 2 N–H and O–H groups in total. The summed E-state index contributed by atoms with van der Waals surface area (Å²) in [5, 5.41) is 18.2. The van der Waals surface area contributed by atoms with Crippen molar-refractivity contribution in [2.45, 2.75) is 6.18 Å². The number of rotatable bonds is 4. The summed E-state index contributed by atoms with van der Waals surface area (Å²) in [6.45, 7) is 0. The van der Waals surface area contributed by atoms with Crippen LogP contribution in [-0.4, -0.2) is 24.3 Å². The zero-order valence-electron chi connectivity index (χ0n) is 13.8. The molecule has 136 valence electrons. The molecule has 0 fully saturated rings. The van der Waals surface area contributed by atoms with Gasteiger partial charge in [-0.05, 0) is 24.3 Å². The van der Waals surface area contributed by atoms with E-state index in [1.807, 2.05) is 0 Å². The highest BCUT2D eigenvalue weighted by Crippen LogP contribution is 2.42. The molecular formula is C17H14F3N3O3. The predicted molar refractivity (Wildman–Crippen MR) is 88.7 cm³/mol. The van der Waals surface area contributed by atoms with Gasteiger partial charge in [-0.15, -0.1) is 5.11 Å². The maximum Gasteiger partial charge on any atom is 0.416 e. The van der Waals surface area contributed by atoms with E-state index in [1.165, 1.54) is 26.4 Å². The zero-order valence-corrected chi connectivity index (χ0v) is 13.8. The summed E-state index contributed by atoms with van der Waals surface area (Å²) in [5.74, 6) is 0.586. The number of aromatic nitrogens is 1. The first-order valence-electron chi connectivity index (χ1n) is 7.39. The number of methoxy groups -OCH3 is 2. The molecule has 0 spiro atoms. The third-order valence-corrected chi connectivity index (χ3v) is 3.70. The molecule has 0 aliphatic heterocycles. The van der Waals surface area contributed by atoms with Gasteiger partial charge in [0.1, 0.15) is 0 Å². The minimum Gasteiger partial charge on any atom is -0.493 e. The van der Waals surface area contributed by atoms with Crippen LogP contribution in [0.5, 0.6) is 17.4 Å².